The number of aryl methyl sites for hydroxylation is 2. The number of nitro groups is 1. The minimum absolute atomic E-state index is 0.00514. The number of ketones is 1. The first kappa shape index (κ1) is 22.9. The highest BCUT2D eigenvalue weighted by atomic mass is 32.2. The van der Waals surface area contributed by atoms with Gasteiger partial charge in [0, 0.05) is 64.9 Å². The number of nitrogens with zero attached hydrogens (tertiary/aromatic N) is 3. The van der Waals surface area contributed by atoms with Crippen molar-refractivity contribution in [2.75, 3.05) is 16.9 Å². The molecule has 36 heavy (non-hydrogen) atoms. The van der Waals surface area contributed by atoms with Gasteiger partial charge in [0.15, 0.2) is 5.78 Å². The van der Waals surface area contributed by atoms with E-state index in [4.69, 9.17) is 0 Å². The summed E-state index contributed by atoms with van der Waals surface area (Å²) in [6.07, 6.45) is 3.17. The summed E-state index contributed by atoms with van der Waals surface area (Å²) in [6, 6.07) is 13.9. The van der Waals surface area contributed by atoms with Crippen LogP contribution in [0.2, 0.25) is 0 Å². The van der Waals surface area contributed by atoms with Gasteiger partial charge in [0.05, 0.1) is 10.8 Å². The Labute approximate surface area is 212 Å². The maximum absolute atomic E-state index is 14.4. The number of aromatic nitrogens is 1. The highest BCUT2D eigenvalue weighted by Gasteiger charge is 2.69. The molecule has 3 aliphatic heterocycles. The normalized spacial score (nSPS) is 26.6. The van der Waals surface area contributed by atoms with E-state index in [0.717, 1.165) is 33.7 Å². The molecular weight excluding hydrogens is 476 g/mol. The first-order valence-electron chi connectivity index (χ1n) is 11.8. The van der Waals surface area contributed by atoms with Gasteiger partial charge in [-0.25, -0.2) is 0 Å². The predicted octanol–water partition coefficient (Wildman–Crippen LogP) is 4.43. The second kappa shape index (κ2) is 8.25. The Hall–Kier alpha value is -3.56. The fraction of sp³-hybridized carbons (Fsp3) is 0.296. The summed E-state index contributed by atoms with van der Waals surface area (Å²) in [7, 11) is 0. The van der Waals surface area contributed by atoms with Crippen molar-refractivity contribution in [2.45, 2.75) is 31.3 Å². The maximum atomic E-state index is 14.4. The summed E-state index contributed by atoms with van der Waals surface area (Å²) >= 11 is 1.74. The van der Waals surface area contributed by atoms with E-state index in [9.17, 15) is 19.7 Å². The average Bonchev–Trinajstić information content (AvgIpc) is 3.53. The molecule has 9 heteroatoms. The molecular formula is C27H24N4O4S. The van der Waals surface area contributed by atoms with Crippen molar-refractivity contribution in [3.05, 3.63) is 98.9 Å². The van der Waals surface area contributed by atoms with Crippen molar-refractivity contribution >= 4 is 34.8 Å². The van der Waals surface area contributed by atoms with E-state index in [1.807, 2.05) is 26.0 Å². The number of non-ortho nitro benzene ring substituents is 1. The third kappa shape index (κ3) is 3.09. The first-order chi connectivity index (χ1) is 17.3. The lowest BCUT2D eigenvalue weighted by Gasteiger charge is -2.36. The minimum atomic E-state index is -1.18. The molecule has 4 heterocycles. The number of benzene rings is 2. The van der Waals surface area contributed by atoms with Crippen LogP contribution in [0, 0.1) is 29.9 Å². The molecule has 2 aromatic carbocycles. The lowest BCUT2D eigenvalue weighted by Crippen LogP contribution is -2.52. The monoisotopic (exact) mass is 500 g/mol. The van der Waals surface area contributed by atoms with Crippen LogP contribution in [-0.2, 0) is 10.3 Å². The van der Waals surface area contributed by atoms with Crippen LogP contribution in [0.1, 0.15) is 38.5 Å². The van der Waals surface area contributed by atoms with Gasteiger partial charge in [-0.1, -0.05) is 29.8 Å². The smallest absolute Gasteiger partial charge is 0.269 e. The summed E-state index contributed by atoms with van der Waals surface area (Å²) < 4.78 is 0. The number of nitro benzene ring substituents is 1. The second-order valence-electron chi connectivity index (χ2n) is 9.72. The fourth-order valence-electron chi connectivity index (χ4n) is 6.41. The molecule has 3 aromatic rings. The van der Waals surface area contributed by atoms with Crippen molar-refractivity contribution in [2.24, 2.45) is 5.92 Å². The summed E-state index contributed by atoms with van der Waals surface area (Å²) in [5.41, 5.74) is 3.69. The first-order valence-corrected chi connectivity index (χ1v) is 13.0. The molecule has 0 aliphatic carbocycles. The number of rotatable bonds is 4. The number of hydrogen-bond donors (Lipinski definition) is 1. The number of hydrogen-bond acceptors (Lipinski definition) is 7. The Bertz CT molecular complexity index is 1410. The minimum Gasteiger partial charge on any atom is -0.324 e. The van der Waals surface area contributed by atoms with Crippen LogP contribution in [0.3, 0.4) is 0 Å². The average molecular weight is 501 g/mol. The summed E-state index contributed by atoms with van der Waals surface area (Å²) in [5.74, 6) is -0.0146. The number of carbonyl (C=O) groups is 2. The largest absolute Gasteiger partial charge is 0.324 e. The Morgan fingerprint density at radius 3 is 2.69 bits per heavy atom. The molecule has 0 bridgehead atoms. The van der Waals surface area contributed by atoms with Gasteiger partial charge in [0.2, 0.25) is 5.91 Å². The van der Waals surface area contributed by atoms with Crippen LogP contribution in [0.15, 0.2) is 60.9 Å². The van der Waals surface area contributed by atoms with Crippen molar-refractivity contribution in [1.82, 2.24) is 9.88 Å². The number of carbonyl (C=O) groups excluding carboxylic acids is 2. The molecule has 4 atom stereocenters. The van der Waals surface area contributed by atoms with Gasteiger partial charge in [0.1, 0.15) is 5.54 Å². The topological polar surface area (TPSA) is 105 Å². The fourth-order valence-corrected chi connectivity index (χ4v) is 7.74. The highest BCUT2D eigenvalue weighted by Crippen LogP contribution is 2.61. The zero-order valence-corrected chi connectivity index (χ0v) is 20.6. The number of Topliss-reactive ketones (excluding diaryl/α,β-unsaturated/α-hetero) is 1. The molecule has 0 radical (unpaired) electrons. The molecule has 1 amide bonds. The van der Waals surface area contributed by atoms with Crippen LogP contribution in [0.25, 0.3) is 0 Å². The van der Waals surface area contributed by atoms with E-state index >= 15 is 0 Å². The number of thioether (sulfide) groups is 1. The van der Waals surface area contributed by atoms with Gasteiger partial charge in [-0.2, -0.15) is 0 Å². The Morgan fingerprint density at radius 1 is 1.22 bits per heavy atom. The van der Waals surface area contributed by atoms with E-state index in [2.05, 4.69) is 15.2 Å². The lowest BCUT2D eigenvalue weighted by atomic mass is 9.69. The molecule has 182 valence electrons. The molecule has 1 N–H and O–H groups in total. The SMILES string of the molecule is Cc1cc(C)c2c(c1)[C@@]1(C(=O)N2)[C@@H](C(=O)c2cccnc2)[C@H](c2ccc([N+](=O)[O-])cc2)[C@H]2CSCN21. The van der Waals surface area contributed by atoms with E-state index in [1.165, 1.54) is 12.1 Å². The Kier molecular flexibility index (Phi) is 5.24. The summed E-state index contributed by atoms with van der Waals surface area (Å²) in [4.78, 5) is 45.7. The third-order valence-electron chi connectivity index (χ3n) is 7.79. The van der Waals surface area contributed by atoms with Crippen molar-refractivity contribution in [1.29, 1.82) is 0 Å². The zero-order valence-electron chi connectivity index (χ0n) is 19.8. The van der Waals surface area contributed by atoms with Crippen LogP contribution < -0.4 is 5.32 Å². The molecule has 8 nitrogen and oxygen atoms in total. The van der Waals surface area contributed by atoms with Gasteiger partial charge in [0.25, 0.3) is 5.69 Å². The second-order valence-corrected chi connectivity index (χ2v) is 10.7. The summed E-state index contributed by atoms with van der Waals surface area (Å²) in [6.45, 7) is 3.97. The lowest BCUT2D eigenvalue weighted by molar-refractivity contribution is -0.384. The molecule has 2 saturated heterocycles. The van der Waals surface area contributed by atoms with Crippen molar-refractivity contribution in [3.63, 3.8) is 0 Å². The summed E-state index contributed by atoms with van der Waals surface area (Å²) in [5, 5.41) is 14.4. The molecule has 2 fully saturated rings. The van der Waals surface area contributed by atoms with E-state index in [-0.39, 0.29) is 29.3 Å². The molecule has 1 aromatic heterocycles. The molecule has 6 rings (SSSR count). The van der Waals surface area contributed by atoms with Gasteiger partial charge in [-0.05, 0) is 37.1 Å². The predicted molar refractivity (Wildman–Crippen MR) is 137 cm³/mol. The van der Waals surface area contributed by atoms with Crippen LogP contribution in [-0.4, -0.2) is 44.2 Å². The Morgan fingerprint density at radius 2 is 2.00 bits per heavy atom. The van der Waals surface area contributed by atoms with Gasteiger partial charge in [-0.15, -0.1) is 11.8 Å². The molecule has 1 spiro atoms. The Balaban J connectivity index is 1.62. The van der Waals surface area contributed by atoms with E-state index in [1.54, 1.807) is 48.4 Å². The van der Waals surface area contributed by atoms with E-state index < -0.39 is 16.4 Å². The standard InChI is InChI=1S/C27H24N4O4S/c1-15-10-16(2)24-20(11-15)27(26(33)29-24)23(25(32)18-4-3-9-28-12-18)22(21-13-36-14-30(21)27)17-5-7-19(8-6-17)31(34)35/h3-12,21-23H,13-14H2,1-2H3,(H,29,33)/t21-,22-,23-,27+/m1/s1. The third-order valence-corrected chi connectivity index (χ3v) is 8.83. The van der Waals surface area contributed by atoms with Crippen molar-refractivity contribution < 1.29 is 14.5 Å². The van der Waals surface area contributed by atoms with Crippen LogP contribution in [0.5, 0.6) is 0 Å². The quantitative estimate of drug-likeness (QED) is 0.321. The van der Waals surface area contributed by atoms with Crippen LogP contribution >= 0.6 is 11.8 Å². The van der Waals surface area contributed by atoms with Crippen molar-refractivity contribution in [3.8, 4) is 0 Å². The van der Waals surface area contributed by atoms with Crippen LogP contribution in [0.4, 0.5) is 11.4 Å². The number of fused-ring (bicyclic) bond motifs is 4. The van der Waals surface area contributed by atoms with E-state index in [0.29, 0.717) is 11.4 Å². The zero-order chi connectivity index (χ0) is 25.2. The highest BCUT2D eigenvalue weighted by molar-refractivity contribution is 7.99. The van der Waals surface area contributed by atoms with Gasteiger partial charge in [-0.3, -0.25) is 29.6 Å². The maximum Gasteiger partial charge on any atom is 0.269 e. The number of anilines is 1. The number of nitrogens with one attached hydrogen (secondary N) is 1. The molecule has 3 aliphatic rings. The number of amides is 1. The van der Waals surface area contributed by atoms with Gasteiger partial charge >= 0.3 is 0 Å². The van der Waals surface area contributed by atoms with Gasteiger partial charge < -0.3 is 5.32 Å². The molecule has 0 unspecified atom stereocenters. The molecule has 0 saturated carbocycles. The number of pyridine rings is 1.